The van der Waals surface area contributed by atoms with Crippen molar-refractivity contribution in [3.05, 3.63) is 18.5 Å². The standard InChI is InChI=1S/C11H15BF3N2O2.K/c1-17-2-3-18-11(7-17)8-19-10-4-9(5-16-6-10)12(13,14)15;/h4-6,11H,2-3,7-8H2,1H3;/q-1;+1. The summed E-state index contributed by atoms with van der Waals surface area (Å²) in [5.74, 6) is 0.119. The van der Waals surface area contributed by atoms with Gasteiger partial charge in [0, 0.05) is 19.3 Å². The maximum atomic E-state index is 12.5. The molecule has 0 radical (unpaired) electrons. The van der Waals surface area contributed by atoms with E-state index in [9.17, 15) is 12.9 Å². The minimum Gasteiger partial charge on any atom is -0.489 e. The fourth-order valence-corrected chi connectivity index (χ4v) is 1.85. The fraction of sp³-hybridized carbons (Fsp3) is 0.545. The predicted molar refractivity (Wildman–Crippen MR) is 65.7 cm³/mol. The first-order chi connectivity index (χ1) is 8.95. The van der Waals surface area contributed by atoms with Crippen LogP contribution in [0.4, 0.5) is 12.9 Å². The first-order valence-corrected chi connectivity index (χ1v) is 6.03. The molecule has 0 N–H and O–H groups in total. The van der Waals surface area contributed by atoms with Crippen molar-refractivity contribution in [3.8, 4) is 5.75 Å². The van der Waals surface area contributed by atoms with E-state index in [0.29, 0.717) is 13.2 Å². The van der Waals surface area contributed by atoms with Crippen molar-refractivity contribution in [3.63, 3.8) is 0 Å². The number of morpholine rings is 1. The van der Waals surface area contributed by atoms with Gasteiger partial charge in [-0.15, -0.1) is 0 Å². The van der Waals surface area contributed by atoms with Gasteiger partial charge in [0.15, 0.2) is 0 Å². The molecule has 0 amide bonds. The van der Waals surface area contributed by atoms with Gasteiger partial charge in [-0.3, -0.25) is 4.98 Å². The molecular weight excluding hydrogens is 299 g/mol. The summed E-state index contributed by atoms with van der Waals surface area (Å²) >= 11 is 0. The number of ether oxygens (including phenoxy) is 2. The monoisotopic (exact) mass is 314 g/mol. The number of likely N-dealkylation sites (N-methyl/N-ethyl adjacent to an activating group) is 1. The smallest absolute Gasteiger partial charge is 0.489 e. The number of hydrogen-bond acceptors (Lipinski definition) is 4. The second-order valence-electron chi connectivity index (χ2n) is 4.59. The molecule has 1 aliphatic rings. The molecule has 1 aromatic heterocycles. The van der Waals surface area contributed by atoms with E-state index in [1.54, 1.807) is 0 Å². The van der Waals surface area contributed by atoms with Gasteiger partial charge >= 0.3 is 58.4 Å². The van der Waals surface area contributed by atoms with Crippen molar-refractivity contribution in [2.45, 2.75) is 6.10 Å². The molecule has 1 fully saturated rings. The van der Waals surface area contributed by atoms with Crippen LogP contribution in [0.25, 0.3) is 0 Å². The van der Waals surface area contributed by atoms with Crippen molar-refractivity contribution in [2.75, 3.05) is 33.4 Å². The second kappa shape index (κ2) is 8.12. The molecule has 9 heteroatoms. The number of halogens is 3. The normalized spacial score (nSPS) is 20.3. The Kier molecular flexibility index (Phi) is 7.47. The Hall–Kier alpha value is 0.361. The summed E-state index contributed by atoms with van der Waals surface area (Å²) in [5.41, 5.74) is -0.751. The average molecular weight is 314 g/mol. The van der Waals surface area contributed by atoms with E-state index in [-0.39, 0.29) is 69.8 Å². The molecule has 0 aromatic carbocycles. The van der Waals surface area contributed by atoms with E-state index in [0.717, 1.165) is 18.8 Å². The van der Waals surface area contributed by atoms with E-state index in [2.05, 4.69) is 9.88 Å². The molecule has 20 heavy (non-hydrogen) atoms. The number of pyridine rings is 1. The summed E-state index contributed by atoms with van der Waals surface area (Å²) in [6.07, 6.45) is 1.95. The van der Waals surface area contributed by atoms with Gasteiger partial charge < -0.3 is 27.3 Å². The SMILES string of the molecule is CN1CCOC(COc2cncc([B-](F)(F)F)c2)C1.[K+]. The van der Waals surface area contributed by atoms with Crippen LogP contribution in [-0.4, -0.2) is 56.3 Å². The fourth-order valence-electron chi connectivity index (χ4n) is 1.85. The van der Waals surface area contributed by atoms with Gasteiger partial charge in [0.2, 0.25) is 0 Å². The van der Waals surface area contributed by atoms with E-state index < -0.39 is 12.4 Å². The second-order valence-corrected chi connectivity index (χ2v) is 4.59. The van der Waals surface area contributed by atoms with Crippen LogP contribution >= 0.6 is 0 Å². The summed E-state index contributed by atoms with van der Waals surface area (Å²) in [4.78, 5) is 5.64. The molecule has 1 aliphatic heterocycles. The molecule has 0 saturated carbocycles. The van der Waals surface area contributed by atoms with Crippen LogP contribution in [0.1, 0.15) is 0 Å². The Morgan fingerprint density at radius 1 is 1.45 bits per heavy atom. The summed E-state index contributed by atoms with van der Waals surface area (Å²) in [6.45, 7) is -2.66. The van der Waals surface area contributed by atoms with Crippen LogP contribution < -0.4 is 61.6 Å². The number of hydrogen-bond donors (Lipinski definition) is 0. The zero-order valence-corrected chi connectivity index (χ0v) is 14.7. The molecule has 2 heterocycles. The molecule has 106 valence electrons. The van der Waals surface area contributed by atoms with Crippen LogP contribution in [0, 0.1) is 0 Å². The zero-order valence-electron chi connectivity index (χ0n) is 11.6. The van der Waals surface area contributed by atoms with E-state index >= 15 is 0 Å². The molecule has 1 saturated heterocycles. The van der Waals surface area contributed by atoms with Crippen molar-refractivity contribution < 1.29 is 73.8 Å². The largest absolute Gasteiger partial charge is 1.00 e. The molecule has 4 nitrogen and oxygen atoms in total. The van der Waals surface area contributed by atoms with Crippen molar-refractivity contribution in [1.29, 1.82) is 0 Å². The van der Waals surface area contributed by atoms with E-state index in [1.165, 1.54) is 6.20 Å². The van der Waals surface area contributed by atoms with Crippen LogP contribution in [0.3, 0.4) is 0 Å². The van der Waals surface area contributed by atoms with Crippen LogP contribution in [0.5, 0.6) is 5.75 Å². The van der Waals surface area contributed by atoms with Crippen LogP contribution in [0.15, 0.2) is 18.5 Å². The van der Waals surface area contributed by atoms with Crippen molar-refractivity contribution >= 4 is 12.4 Å². The van der Waals surface area contributed by atoms with Gasteiger partial charge in [-0.2, -0.15) is 0 Å². The third kappa shape index (κ3) is 5.63. The minimum absolute atomic E-state index is 0. The third-order valence-corrected chi connectivity index (χ3v) is 2.89. The Morgan fingerprint density at radius 2 is 2.20 bits per heavy atom. The molecule has 0 aliphatic carbocycles. The molecule has 2 rings (SSSR count). The topological polar surface area (TPSA) is 34.6 Å². The summed E-state index contributed by atoms with van der Waals surface area (Å²) < 4.78 is 48.4. The van der Waals surface area contributed by atoms with E-state index in [4.69, 9.17) is 9.47 Å². The maximum absolute atomic E-state index is 12.5. The van der Waals surface area contributed by atoms with Gasteiger partial charge in [-0.25, -0.2) is 0 Å². The van der Waals surface area contributed by atoms with Gasteiger partial charge in [0.05, 0.1) is 12.8 Å². The summed E-state index contributed by atoms with van der Waals surface area (Å²) in [6, 6.07) is 0.972. The summed E-state index contributed by atoms with van der Waals surface area (Å²) in [7, 11) is 1.96. The molecule has 0 spiro atoms. The maximum Gasteiger partial charge on any atom is 1.00 e. The molecule has 1 atom stereocenters. The minimum atomic E-state index is -5.05. The molecule has 0 bridgehead atoms. The van der Waals surface area contributed by atoms with Crippen LogP contribution in [0.2, 0.25) is 0 Å². The average Bonchev–Trinajstić information content (AvgIpc) is 2.36. The third-order valence-electron chi connectivity index (χ3n) is 2.89. The number of nitrogens with zero attached hydrogens (tertiary/aromatic N) is 2. The molecule has 1 unspecified atom stereocenters. The Labute approximate surface area is 158 Å². The first-order valence-electron chi connectivity index (χ1n) is 6.03. The number of aromatic nitrogens is 1. The number of rotatable bonds is 4. The van der Waals surface area contributed by atoms with Crippen LogP contribution in [-0.2, 0) is 4.74 Å². The van der Waals surface area contributed by atoms with Gasteiger partial charge in [0.25, 0.3) is 0 Å². The Balaban J connectivity index is 0.00000200. The van der Waals surface area contributed by atoms with Crippen molar-refractivity contribution in [1.82, 2.24) is 9.88 Å². The molecule has 1 aromatic rings. The summed E-state index contributed by atoms with van der Waals surface area (Å²) in [5, 5.41) is 0. The predicted octanol–water partition coefficient (Wildman–Crippen LogP) is -2.15. The Bertz CT molecular complexity index is 436. The zero-order chi connectivity index (χ0) is 13.9. The first kappa shape index (κ1) is 18.4. The van der Waals surface area contributed by atoms with E-state index in [1.807, 2.05) is 7.05 Å². The van der Waals surface area contributed by atoms with Crippen molar-refractivity contribution in [2.24, 2.45) is 0 Å². The molecular formula is C11H15BF3KN2O2. The van der Waals surface area contributed by atoms with Gasteiger partial charge in [0.1, 0.15) is 18.5 Å². The van der Waals surface area contributed by atoms with Gasteiger partial charge in [-0.1, -0.05) is 5.46 Å². The quantitative estimate of drug-likeness (QED) is 0.594. The van der Waals surface area contributed by atoms with Gasteiger partial charge in [-0.05, 0) is 13.1 Å². The Morgan fingerprint density at radius 3 is 2.85 bits per heavy atom.